The summed E-state index contributed by atoms with van der Waals surface area (Å²) in [5, 5.41) is 28.3. The standard InChI is InChI=1S/C18H16FN3O3/c19-12-4-7-16(24)14(9-12)15-10-17(22-21-15)20-18(25)8-3-11-1-5-13(23)6-2-11/h1-2,4-7,9-10,23-24H,3,8H2,(H2,20,21,22,25). The Morgan fingerprint density at radius 3 is 2.64 bits per heavy atom. The number of aryl methyl sites for hydroxylation is 1. The Hall–Kier alpha value is -3.35. The third-order valence-electron chi connectivity index (χ3n) is 3.67. The van der Waals surface area contributed by atoms with Gasteiger partial charge in [0.15, 0.2) is 5.82 Å². The van der Waals surface area contributed by atoms with Crippen LogP contribution < -0.4 is 5.32 Å². The van der Waals surface area contributed by atoms with E-state index in [0.717, 1.165) is 11.6 Å². The first-order chi connectivity index (χ1) is 12.0. The van der Waals surface area contributed by atoms with Crippen molar-refractivity contribution in [2.75, 3.05) is 5.32 Å². The van der Waals surface area contributed by atoms with E-state index in [4.69, 9.17) is 0 Å². The van der Waals surface area contributed by atoms with Crippen molar-refractivity contribution in [1.29, 1.82) is 0 Å². The molecule has 0 unspecified atom stereocenters. The fourth-order valence-corrected chi connectivity index (χ4v) is 2.37. The van der Waals surface area contributed by atoms with Gasteiger partial charge in [0.2, 0.25) is 5.91 Å². The summed E-state index contributed by atoms with van der Waals surface area (Å²) in [7, 11) is 0. The molecule has 1 heterocycles. The summed E-state index contributed by atoms with van der Waals surface area (Å²) in [5.41, 5.74) is 1.59. The zero-order chi connectivity index (χ0) is 17.8. The van der Waals surface area contributed by atoms with Crippen molar-refractivity contribution in [3.05, 3.63) is 59.9 Å². The minimum Gasteiger partial charge on any atom is -0.508 e. The quantitative estimate of drug-likeness (QED) is 0.573. The highest BCUT2D eigenvalue weighted by atomic mass is 19.1. The predicted molar refractivity (Wildman–Crippen MR) is 90.7 cm³/mol. The molecule has 0 bridgehead atoms. The number of carbonyl (C=O) groups excluding carboxylic acids is 1. The lowest BCUT2D eigenvalue weighted by Gasteiger charge is -2.03. The molecule has 2 aromatic carbocycles. The Morgan fingerprint density at radius 1 is 1.12 bits per heavy atom. The van der Waals surface area contributed by atoms with Crippen LogP contribution in [0, 0.1) is 5.82 Å². The van der Waals surface area contributed by atoms with E-state index in [0.29, 0.717) is 12.1 Å². The van der Waals surface area contributed by atoms with Gasteiger partial charge in [0.1, 0.15) is 17.3 Å². The molecule has 0 fully saturated rings. The average Bonchev–Trinajstić information content (AvgIpc) is 3.05. The average molecular weight is 341 g/mol. The Bertz CT molecular complexity index is 891. The summed E-state index contributed by atoms with van der Waals surface area (Å²) < 4.78 is 13.3. The Balaban J connectivity index is 1.62. The number of benzene rings is 2. The van der Waals surface area contributed by atoms with Gasteiger partial charge in [-0.3, -0.25) is 9.89 Å². The highest BCUT2D eigenvalue weighted by Crippen LogP contribution is 2.29. The highest BCUT2D eigenvalue weighted by molar-refractivity contribution is 5.90. The molecule has 0 atom stereocenters. The number of nitrogens with zero attached hydrogens (tertiary/aromatic N) is 1. The van der Waals surface area contributed by atoms with Gasteiger partial charge in [-0.1, -0.05) is 12.1 Å². The molecule has 3 rings (SSSR count). The molecule has 25 heavy (non-hydrogen) atoms. The number of rotatable bonds is 5. The molecular formula is C18H16FN3O3. The molecule has 0 radical (unpaired) electrons. The van der Waals surface area contributed by atoms with Gasteiger partial charge >= 0.3 is 0 Å². The van der Waals surface area contributed by atoms with Crippen LogP contribution in [-0.4, -0.2) is 26.3 Å². The Morgan fingerprint density at radius 2 is 1.88 bits per heavy atom. The molecule has 7 heteroatoms. The van der Waals surface area contributed by atoms with Gasteiger partial charge in [0.05, 0.1) is 5.69 Å². The van der Waals surface area contributed by atoms with E-state index < -0.39 is 5.82 Å². The maximum Gasteiger partial charge on any atom is 0.225 e. The summed E-state index contributed by atoms with van der Waals surface area (Å²) in [6.45, 7) is 0. The molecule has 0 aliphatic heterocycles. The molecule has 4 N–H and O–H groups in total. The van der Waals surface area contributed by atoms with Crippen LogP contribution in [-0.2, 0) is 11.2 Å². The van der Waals surface area contributed by atoms with Crippen molar-refractivity contribution in [2.24, 2.45) is 0 Å². The lowest BCUT2D eigenvalue weighted by atomic mass is 10.1. The number of amides is 1. The molecule has 0 spiro atoms. The van der Waals surface area contributed by atoms with Gasteiger partial charge in [-0.25, -0.2) is 4.39 Å². The molecule has 0 saturated carbocycles. The highest BCUT2D eigenvalue weighted by Gasteiger charge is 2.11. The van der Waals surface area contributed by atoms with Gasteiger partial charge in [-0.15, -0.1) is 0 Å². The first-order valence-electron chi connectivity index (χ1n) is 7.63. The van der Waals surface area contributed by atoms with Crippen LogP contribution >= 0.6 is 0 Å². The van der Waals surface area contributed by atoms with Gasteiger partial charge in [0.25, 0.3) is 0 Å². The second-order valence-corrected chi connectivity index (χ2v) is 5.54. The summed E-state index contributed by atoms with van der Waals surface area (Å²) in [6, 6.07) is 11.7. The molecule has 0 aliphatic carbocycles. The number of nitrogens with one attached hydrogen (secondary N) is 2. The minimum absolute atomic E-state index is 0.0877. The van der Waals surface area contributed by atoms with Crippen molar-refractivity contribution in [3.63, 3.8) is 0 Å². The van der Waals surface area contributed by atoms with Crippen LogP contribution in [0.3, 0.4) is 0 Å². The lowest BCUT2D eigenvalue weighted by molar-refractivity contribution is -0.116. The fourth-order valence-electron chi connectivity index (χ4n) is 2.37. The molecule has 1 amide bonds. The zero-order valence-corrected chi connectivity index (χ0v) is 13.2. The summed E-state index contributed by atoms with van der Waals surface area (Å²) in [5.74, 6) is -0.334. The van der Waals surface area contributed by atoms with E-state index in [1.807, 2.05) is 0 Å². The number of hydrogen-bond acceptors (Lipinski definition) is 4. The van der Waals surface area contributed by atoms with Crippen LogP contribution in [0.2, 0.25) is 0 Å². The number of aromatic hydroxyl groups is 2. The van der Waals surface area contributed by atoms with E-state index in [2.05, 4.69) is 15.5 Å². The fraction of sp³-hybridized carbons (Fsp3) is 0.111. The molecular weight excluding hydrogens is 325 g/mol. The van der Waals surface area contributed by atoms with E-state index >= 15 is 0 Å². The van der Waals surface area contributed by atoms with Crippen molar-refractivity contribution in [3.8, 4) is 22.8 Å². The first-order valence-corrected chi connectivity index (χ1v) is 7.63. The van der Waals surface area contributed by atoms with E-state index in [1.165, 1.54) is 18.2 Å². The van der Waals surface area contributed by atoms with Crippen LogP contribution in [0.15, 0.2) is 48.5 Å². The van der Waals surface area contributed by atoms with Crippen LogP contribution in [0.1, 0.15) is 12.0 Å². The third kappa shape index (κ3) is 4.14. The van der Waals surface area contributed by atoms with Crippen molar-refractivity contribution in [1.82, 2.24) is 10.2 Å². The number of halogens is 1. The monoisotopic (exact) mass is 341 g/mol. The van der Waals surface area contributed by atoms with E-state index in [1.54, 1.807) is 24.3 Å². The molecule has 128 valence electrons. The first kappa shape index (κ1) is 16.5. The smallest absolute Gasteiger partial charge is 0.225 e. The Labute approximate surface area is 143 Å². The van der Waals surface area contributed by atoms with Crippen molar-refractivity contribution < 1.29 is 19.4 Å². The van der Waals surface area contributed by atoms with Gasteiger partial charge < -0.3 is 15.5 Å². The third-order valence-corrected chi connectivity index (χ3v) is 3.67. The van der Waals surface area contributed by atoms with E-state index in [9.17, 15) is 19.4 Å². The van der Waals surface area contributed by atoms with E-state index in [-0.39, 0.29) is 35.2 Å². The normalized spacial score (nSPS) is 10.6. The predicted octanol–water partition coefficient (Wildman–Crippen LogP) is 3.20. The number of phenols is 2. The van der Waals surface area contributed by atoms with Crippen LogP contribution in [0.25, 0.3) is 11.3 Å². The largest absolute Gasteiger partial charge is 0.508 e. The summed E-state index contributed by atoms with van der Waals surface area (Å²) in [6.07, 6.45) is 0.770. The maximum absolute atomic E-state index is 13.3. The summed E-state index contributed by atoms with van der Waals surface area (Å²) >= 11 is 0. The maximum atomic E-state index is 13.3. The number of carbonyl (C=O) groups is 1. The van der Waals surface area contributed by atoms with Crippen molar-refractivity contribution >= 4 is 11.7 Å². The minimum atomic E-state index is -0.484. The van der Waals surface area contributed by atoms with Crippen LogP contribution in [0.4, 0.5) is 10.2 Å². The molecule has 3 aromatic rings. The molecule has 0 aliphatic rings. The molecule has 1 aromatic heterocycles. The zero-order valence-electron chi connectivity index (χ0n) is 13.2. The SMILES string of the molecule is O=C(CCc1ccc(O)cc1)Nc1cc(-c2cc(F)ccc2O)[nH]n1. The van der Waals surface area contributed by atoms with Gasteiger partial charge in [0, 0.05) is 18.1 Å². The lowest BCUT2D eigenvalue weighted by Crippen LogP contribution is -2.12. The number of anilines is 1. The summed E-state index contributed by atoms with van der Waals surface area (Å²) in [4.78, 5) is 12.0. The number of phenolic OH excluding ortho intramolecular Hbond substituents is 2. The number of aromatic amines is 1. The van der Waals surface area contributed by atoms with Crippen LogP contribution in [0.5, 0.6) is 11.5 Å². The van der Waals surface area contributed by atoms with Gasteiger partial charge in [-0.05, 0) is 42.3 Å². The number of hydrogen-bond donors (Lipinski definition) is 4. The second kappa shape index (κ2) is 7.04. The molecule has 0 saturated heterocycles. The van der Waals surface area contributed by atoms with Gasteiger partial charge in [-0.2, -0.15) is 5.10 Å². The topological polar surface area (TPSA) is 98.2 Å². The Kier molecular flexibility index (Phi) is 4.65. The second-order valence-electron chi connectivity index (χ2n) is 5.54. The number of H-pyrrole nitrogens is 1. The number of aromatic nitrogens is 2. The molecule has 6 nitrogen and oxygen atoms in total. The van der Waals surface area contributed by atoms with Crippen molar-refractivity contribution in [2.45, 2.75) is 12.8 Å².